The summed E-state index contributed by atoms with van der Waals surface area (Å²) in [5, 5.41) is 1.15. The topological polar surface area (TPSA) is 42.1 Å². The number of pyridine rings is 1. The first-order valence-corrected chi connectivity index (χ1v) is 8.06. The van der Waals surface area contributed by atoms with Gasteiger partial charge in [-0.15, -0.1) is 0 Å². The maximum atomic E-state index is 6.26. The lowest BCUT2D eigenvalue weighted by atomic mass is 10.1. The minimum atomic E-state index is 0.532. The number of rotatable bonds is 1. The highest BCUT2D eigenvalue weighted by Gasteiger charge is 2.21. The highest BCUT2D eigenvalue weighted by molar-refractivity contribution is 9.10. The third-order valence-electron chi connectivity index (χ3n) is 4.17. The Bertz CT molecular complexity index is 621. The average Bonchev–Trinajstić information content (AvgIpc) is 2.64. The zero-order valence-electron chi connectivity index (χ0n) is 11.8. The Morgan fingerprint density at radius 2 is 2.15 bits per heavy atom. The fraction of sp³-hybridized carbons (Fsp3) is 0.438. The molecule has 2 heterocycles. The van der Waals surface area contributed by atoms with Crippen molar-refractivity contribution in [2.45, 2.75) is 38.6 Å². The van der Waals surface area contributed by atoms with E-state index in [9.17, 15) is 0 Å². The summed E-state index contributed by atoms with van der Waals surface area (Å²) in [6.45, 7) is 3.38. The van der Waals surface area contributed by atoms with E-state index in [2.05, 4.69) is 38.8 Å². The number of hydrogen-bond donors (Lipinski definition) is 1. The maximum absolute atomic E-state index is 6.26. The molecule has 2 aromatic rings. The third kappa shape index (κ3) is 2.49. The largest absolute Gasteiger partial charge is 0.396 e. The van der Waals surface area contributed by atoms with E-state index < -0.39 is 0 Å². The SMILES string of the molecule is CC1CCCCCN1c1c(N)cnc2ccc(Br)cc12. The van der Waals surface area contributed by atoms with Crippen LogP contribution in [0.3, 0.4) is 0 Å². The van der Waals surface area contributed by atoms with Crippen molar-refractivity contribution in [1.29, 1.82) is 0 Å². The van der Waals surface area contributed by atoms with Crippen LogP contribution >= 0.6 is 15.9 Å². The molecule has 0 bridgehead atoms. The molecule has 3 nitrogen and oxygen atoms in total. The van der Waals surface area contributed by atoms with E-state index in [1.54, 1.807) is 6.20 Å². The van der Waals surface area contributed by atoms with Crippen molar-refractivity contribution < 1.29 is 0 Å². The van der Waals surface area contributed by atoms with E-state index in [4.69, 9.17) is 5.73 Å². The molecule has 1 aliphatic rings. The quantitative estimate of drug-likeness (QED) is 0.843. The van der Waals surface area contributed by atoms with Crippen molar-refractivity contribution in [3.63, 3.8) is 0 Å². The fourth-order valence-electron chi connectivity index (χ4n) is 3.09. The zero-order chi connectivity index (χ0) is 14.1. The van der Waals surface area contributed by atoms with Gasteiger partial charge >= 0.3 is 0 Å². The number of hydrogen-bond acceptors (Lipinski definition) is 3. The summed E-state index contributed by atoms with van der Waals surface area (Å²) >= 11 is 3.56. The number of benzene rings is 1. The molecule has 0 aliphatic carbocycles. The van der Waals surface area contributed by atoms with Crippen LogP contribution in [0.1, 0.15) is 32.6 Å². The summed E-state index contributed by atoms with van der Waals surface area (Å²) in [6, 6.07) is 6.74. The lowest BCUT2D eigenvalue weighted by Gasteiger charge is -2.31. The van der Waals surface area contributed by atoms with Crippen LogP contribution in [0, 0.1) is 0 Å². The molecule has 3 rings (SSSR count). The molecule has 106 valence electrons. The Kier molecular flexibility index (Phi) is 3.83. The van der Waals surface area contributed by atoms with Gasteiger partial charge in [-0.05, 0) is 38.0 Å². The number of anilines is 2. The molecule has 0 saturated carbocycles. The van der Waals surface area contributed by atoms with E-state index in [0.29, 0.717) is 6.04 Å². The van der Waals surface area contributed by atoms with Gasteiger partial charge < -0.3 is 10.6 Å². The summed E-state index contributed by atoms with van der Waals surface area (Å²) in [7, 11) is 0. The number of nitrogen functional groups attached to an aromatic ring is 1. The Morgan fingerprint density at radius 3 is 3.00 bits per heavy atom. The molecule has 0 radical (unpaired) electrons. The second-order valence-corrected chi connectivity index (χ2v) is 6.53. The highest BCUT2D eigenvalue weighted by atomic mass is 79.9. The molecule has 1 aromatic heterocycles. The van der Waals surface area contributed by atoms with Crippen LogP contribution in [0.5, 0.6) is 0 Å². The number of nitrogens with zero attached hydrogens (tertiary/aromatic N) is 2. The molecular formula is C16H20BrN3. The van der Waals surface area contributed by atoms with E-state index in [1.165, 1.54) is 25.7 Å². The van der Waals surface area contributed by atoms with Gasteiger partial charge in [-0.1, -0.05) is 28.8 Å². The molecule has 4 heteroatoms. The molecule has 1 unspecified atom stereocenters. The maximum Gasteiger partial charge on any atom is 0.0745 e. The van der Waals surface area contributed by atoms with Crippen LogP contribution < -0.4 is 10.6 Å². The van der Waals surface area contributed by atoms with Crippen LogP contribution in [-0.2, 0) is 0 Å². The van der Waals surface area contributed by atoms with Gasteiger partial charge in [-0.25, -0.2) is 0 Å². The van der Waals surface area contributed by atoms with Crippen LogP contribution in [0.15, 0.2) is 28.9 Å². The number of nitrogens with two attached hydrogens (primary N) is 1. The summed E-state index contributed by atoms with van der Waals surface area (Å²) < 4.78 is 1.07. The van der Waals surface area contributed by atoms with E-state index >= 15 is 0 Å². The van der Waals surface area contributed by atoms with Gasteiger partial charge in [0, 0.05) is 22.4 Å². The smallest absolute Gasteiger partial charge is 0.0745 e. The molecule has 0 spiro atoms. The Balaban J connectivity index is 2.17. The first-order chi connectivity index (χ1) is 9.66. The normalized spacial score (nSPS) is 20.1. The van der Waals surface area contributed by atoms with Crippen LogP contribution in [-0.4, -0.2) is 17.6 Å². The van der Waals surface area contributed by atoms with Gasteiger partial charge in [0.05, 0.1) is 23.1 Å². The van der Waals surface area contributed by atoms with Crippen molar-refractivity contribution in [2.24, 2.45) is 0 Å². The van der Waals surface area contributed by atoms with Gasteiger partial charge in [0.2, 0.25) is 0 Å². The Labute approximate surface area is 128 Å². The summed E-state index contributed by atoms with van der Waals surface area (Å²) in [5.41, 5.74) is 9.21. The Hall–Kier alpha value is -1.29. The number of aromatic nitrogens is 1. The average molecular weight is 334 g/mol. The first-order valence-electron chi connectivity index (χ1n) is 7.27. The van der Waals surface area contributed by atoms with Crippen LogP contribution in [0.25, 0.3) is 10.9 Å². The molecule has 2 N–H and O–H groups in total. The minimum Gasteiger partial charge on any atom is -0.396 e. The summed E-state index contributed by atoms with van der Waals surface area (Å²) in [6.07, 6.45) is 6.89. The minimum absolute atomic E-state index is 0.532. The van der Waals surface area contributed by atoms with Crippen molar-refractivity contribution in [3.8, 4) is 0 Å². The lowest BCUT2D eigenvalue weighted by Crippen LogP contribution is -2.33. The molecule has 1 saturated heterocycles. The fourth-order valence-corrected chi connectivity index (χ4v) is 3.45. The van der Waals surface area contributed by atoms with Crippen molar-refractivity contribution in [2.75, 3.05) is 17.2 Å². The summed E-state index contributed by atoms with van der Waals surface area (Å²) in [4.78, 5) is 6.92. The van der Waals surface area contributed by atoms with E-state index in [0.717, 1.165) is 33.3 Å². The predicted molar refractivity (Wildman–Crippen MR) is 89.1 cm³/mol. The third-order valence-corrected chi connectivity index (χ3v) is 4.66. The molecule has 1 aromatic carbocycles. The second-order valence-electron chi connectivity index (χ2n) is 5.62. The van der Waals surface area contributed by atoms with Gasteiger partial charge in [0.25, 0.3) is 0 Å². The summed E-state index contributed by atoms with van der Waals surface area (Å²) in [5.74, 6) is 0. The van der Waals surface area contributed by atoms with E-state index in [-0.39, 0.29) is 0 Å². The van der Waals surface area contributed by atoms with Crippen LogP contribution in [0.4, 0.5) is 11.4 Å². The zero-order valence-corrected chi connectivity index (χ0v) is 13.4. The van der Waals surface area contributed by atoms with Crippen LogP contribution in [0.2, 0.25) is 0 Å². The molecular weight excluding hydrogens is 314 g/mol. The number of halogens is 1. The molecule has 0 amide bonds. The molecule has 1 aliphatic heterocycles. The number of fused-ring (bicyclic) bond motifs is 1. The standard InChI is InChI=1S/C16H20BrN3/c1-11-5-3-2-4-8-20(11)16-13-9-12(17)6-7-15(13)19-10-14(16)18/h6-7,9-11H,2-5,8,18H2,1H3. The Morgan fingerprint density at radius 1 is 1.30 bits per heavy atom. The van der Waals surface area contributed by atoms with E-state index in [1.807, 2.05) is 12.1 Å². The monoisotopic (exact) mass is 333 g/mol. The van der Waals surface area contributed by atoms with Gasteiger partial charge in [0.1, 0.15) is 0 Å². The lowest BCUT2D eigenvalue weighted by molar-refractivity contribution is 0.618. The van der Waals surface area contributed by atoms with Crippen molar-refractivity contribution in [1.82, 2.24) is 4.98 Å². The first kappa shape index (κ1) is 13.7. The van der Waals surface area contributed by atoms with Crippen molar-refractivity contribution in [3.05, 3.63) is 28.9 Å². The highest BCUT2D eigenvalue weighted by Crippen LogP contribution is 2.36. The van der Waals surface area contributed by atoms with Gasteiger partial charge in [0.15, 0.2) is 0 Å². The predicted octanol–water partition coefficient (Wildman–Crippen LogP) is 4.35. The van der Waals surface area contributed by atoms with Gasteiger partial charge in [-0.3, -0.25) is 4.98 Å². The molecule has 1 atom stereocenters. The molecule has 20 heavy (non-hydrogen) atoms. The van der Waals surface area contributed by atoms with Gasteiger partial charge in [-0.2, -0.15) is 0 Å². The van der Waals surface area contributed by atoms with Crippen molar-refractivity contribution >= 4 is 38.2 Å². The molecule has 1 fully saturated rings. The second kappa shape index (κ2) is 5.60.